The summed E-state index contributed by atoms with van der Waals surface area (Å²) in [5.41, 5.74) is -4.11. The van der Waals surface area contributed by atoms with Crippen LogP contribution in [-0.2, 0) is 90.1 Å². The third kappa shape index (κ3) is 17.9. The molecule has 0 radical (unpaired) electrons. The predicted octanol–water partition coefficient (Wildman–Crippen LogP) is -16.0. The van der Waals surface area contributed by atoms with Gasteiger partial charge in [-0.2, -0.15) is 0 Å². The SMILES string of the molecule is C=C1C[C@@]23CC[C@H]4[C@@](C)(CCC[C@@]4(C)C(=O)OC4OC(COC5OC(CO)C(O)C(OC6OC(CO)C(O)C(O)C6O)C5OC5OC(CO)C(O)C(O)C5O)C(O)C(OC5OC(CO)C(O)C(O)C5O)C4OC4OC(CO)C(O)C(O)C4O)[C@@H]2CCC1(OC1OC(CO)C(O)C(OC2OC(CO)C(O)C(O)C2O)C1OC1OC(CO)C(O)C(O)C1O)C3. The van der Waals surface area contributed by atoms with E-state index in [0.29, 0.717) is 31.3 Å². The van der Waals surface area contributed by atoms with Crippen molar-refractivity contribution in [3.05, 3.63) is 12.2 Å². The lowest BCUT2D eigenvalue weighted by Crippen LogP contribution is -2.68. The number of rotatable bonds is 27. The molecule has 4 saturated carbocycles. The largest absolute Gasteiger partial charge is 0.432 e. The lowest BCUT2D eigenvalue weighted by Gasteiger charge is -2.64. The highest BCUT2D eigenvalue weighted by molar-refractivity contribution is 5.77. The summed E-state index contributed by atoms with van der Waals surface area (Å²) in [5, 5.41) is 319. The molecular weight excluding hydrogens is 1660 g/mol. The first-order chi connectivity index (χ1) is 57.8. The van der Waals surface area contributed by atoms with Crippen molar-refractivity contribution in [2.75, 3.05) is 59.5 Å². The van der Waals surface area contributed by atoms with Crippen molar-refractivity contribution < 1.29 is 238 Å². The lowest BCUT2D eigenvalue weighted by atomic mass is 9.41. The summed E-state index contributed by atoms with van der Waals surface area (Å²) in [7, 11) is 0. The normalized spacial score (nSPS) is 54.4. The number of carbonyl (C=O) groups is 1. The molecule has 29 N–H and O–H groups in total. The summed E-state index contributed by atoms with van der Waals surface area (Å²) in [6.45, 7) is -1.04. The molecule has 13 rings (SSSR count). The molecule has 51 atom stereocenters. The molecule has 9 aliphatic heterocycles. The Balaban J connectivity index is 0.824. The fourth-order valence-corrected chi connectivity index (χ4v) is 20.8. The highest BCUT2D eigenvalue weighted by atomic mass is 16.8. The molecule has 0 amide bonds. The number of ether oxygens (including phenoxy) is 18. The van der Waals surface area contributed by atoms with Gasteiger partial charge in [-0.1, -0.05) is 19.9 Å². The maximum absolute atomic E-state index is 16.2. The van der Waals surface area contributed by atoms with E-state index in [0.717, 1.165) is 0 Å². The smallest absolute Gasteiger partial charge is 0.314 e. The van der Waals surface area contributed by atoms with E-state index in [1.807, 2.05) is 6.92 Å². The number of fused-ring (bicyclic) bond motifs is 3. The first-order valence-corrected chi connectivity index (χ1v) is 41.0. The lowest BCUT2D eigenvalue weighted by molar-refractivity contribution is -0.402. The minimum atomic E-state index is -2.40. The monoisotopic (exact) mass is 1780 g/mol. The van der Waals surface area contributed by atoms with Gasteiger partial charge >= 0.3 is 5.97 Å². The molecule has 0 aromatic heterocycles. The third-order valence-electron chi connectivity index (χ3n) is 27.6. The molecule has 1 spiro atoms. The van der Waals surface area contributed by atoms with Crippen LogP contribution in [0.25, 0.3) is 0 Å². The highest BCUT2D eigenvalue weighted by Crippen LogP contribution is 2.74. The number of aliphatic hydroxyl groups is 29. The molecule has 13 fully saturated rings. The standard InChI is InChI=1S/C74H120O48/c1-22-11-73-9-5-32-71(2,33(73)6-10-74(22,21-73)122-69-60(120-66-54(103)48(97)39(88)28(17-80)111-66)56(41(90)30(19-82)113-69)116-62-50(99)44(93)35(84)24(13-76)107-62)7-4-8-72(32,3)70(104)121-68-59(119-65-53(102)47(96)38(87)27(16-79)110-65)57(117-63-51(100)45(94)36(85)25(14-77)108-63)42(91)31(114-68)20-105-67-58(118-64-52(101)46(95)37(86)26(15-78)109-64)55(40(89)29(18-81)112-67)115-61-49(98)43(92)34(83)23(12-75)106-61/h23-69,75-103H,1,4-21H2,2-3H3/t23?,24?,25?,26?,27?,28?,29?,30?,31?,32-,33-,34?,35?,36?,37?,38?,39?,40?,41?,42?,43?,44?,45?,46?,47?,48?,49?,50?,51?,52?,53?,54?,55?,56?,57?,58?,59?,60?,61?,62?,63?,64?,65?,66?,67?,68?,69?,71+,72+,73+,74?/m0/s1. The van der Waals surface area contributed by atoms with Crippen molar-refractivity contribution in [2.45, 2.75) is 354 Å². The van der Waals surface area contributed by atoms with Crippen LogP contribution >= 0.6 is 0 Å². The zero-order chi connectivity index (χ0) is 88.7. The van der Waals surface area contributed by atoms with Crippen LogP contribution in [0.3, 0.4) is 0 Å². The van der Waals surface area contributed by atoms with E-state index in [2.05, 4.69) is 6.58 Å². The van der Waals surface area contributed by atoms with E-state index in [9.17, 15) is 148 Å². The quantitative estimate of drug-likeness (QED) is 0.0206. The molecule has 9 saturated heterocycles. The fraction of sp³-hybridized carbons (Fsp3) is 0.959. The molecule has 4 aliphatic carbocycles. The van der Waals surface area contributed by atoms with E-state index in [1.54, 1.807) is 6.92 Å². The van der Waals surface area contributed by atoms with Crippen molar-refractivity contribution in [1.82, 2.24) is 0 Å². The number of aliphatic hydroxyl groups excluding tert-OH is 29. The van der Waals surface area contributed by atoms with Gasteiger partial charge in [-0.05, 0) is 86.5 Å². The first kappa shape index (κ1) is 96.9. The van der Waals surface area contributed by atoms with E-state index >= 15 is 4.79 Å². The van der Waals surface area contributed by atoms with E-state index in [1.165, 1.54) is 0 Å². The summed E-state index contributed by atoms with van der Waals surface area (Å²) in [5.74, 6) is -2.04. The van der Waals surface area contributed by atoms with Crippen molar-refractivity contribution >= 4 is 5.97 Å². The summed E-state index contributed by atoms with van der Waals surface area (Å²) in [6, 6.07) is 0. The second-order valence-corrected chi connectivity index (χ2v) is 34.9. The molecule has 2 bridgehead atoms. The van der Waals surface area contributed by atoms with Crippen LogP contribution in [0.2, 0.25) is 0 Å². The molecule has 48 heteroatoms. The van der Waals surface area contributed by atoms with Gasteiger partial charge in [0.25, 0.3) is 0 Å². The van der Waals surface area contributed by atoms with Gasteiger partial charge in [0.05, 0.1) is 70.5 Å². The van der Waals surface area contributed by atoms with Gasteiger partial charge < -0.3 is 233 Å². The average molecular weight is 1780 g/mol. The number of esters is 1. The third-order valence-corrected chi connectivity index (χ3v) is 27.6. The highest BCUT2D eigenvalue weighted by Gasteiger charge is 2.71. The van der Waals surface area contributed by atoms with E-state index < -0.39 is 370 Å². The maximum atomic E-state index is 16.2. The number of carbonyl (C=O) groups excluding carboxylic acids is 1. The minimum absolute atomic E-state index is 0.0780. The van der Waals surface area contributed by atoms with Gasteiger partial charge in [-0.25, -0.2) is 0 Å². The van der Waals surface area contributed by atoms with Crippen LogP contribution in [0, 0.1) is 28.1 Å². The Kier molecular flexibility index (Phi) is 31.0. The topological polar surface area (TPSA) is 770 Å². The Bertz CT molecular complexity index is 3390. The molecule has 9 heterocycles. The molecule has 46 unspecified atom stereocenters. The summed E-state index contributed by atoms with van der Waals surface area (Å²) in [4.78, 5) is 16.2. The Labute approximate surface area is 695 Å². The maximum Gasteiger partial charge on any atom is 0.314 e. The van der Waals surface area contributed by atoms with Crippen LogP contribution in [0.5, 0.6) is 0 Å². The van der Waals surface area contributed by atoms with E-state index in [4.69, 9.17) is 85.3 Å². The van der Waals surface area contributed by atoms with Gasteiger partial charge in [0, 0.05) is 0 Å². The van der Waals surface area contributed by atoms with Gasteiger partial charge in [-0.3, -0.25) is 4.79 Å². The molecule has 48 nitrogen and oxygen atoms in total. The summed E-state index contributed by atoms with van der Waals surface area (Å²) < 4.78 is 110. The molecule has 122 heavy (non-hydrogen) atoms. The van der Waals surface area contributed by atoms with Crippen LogP contribution in [0.15, 0.2) is 12.2 Å². The van der Waals surface area contributed by atoms with Gasteiger partial charge in [-0.15, -0.1) is 0 Å². The van der Waals surface area contributed by atoms with Crippen molar-refractivity contribution in [1.29, 1.82) is 0 Å². The van der Waals surface area contributed by atoms with Crippen molar-refractivity contribution in [2.24, 2.45) is 28.1 Å². The minimum Gasteiger partial charge on any atom is -0.432 e. The van der Waals surface area contributed by atoms with Crippen LogP contribution in [0.4, 0.5) is 0 Å². The Hall–Kier alpha value is -2.63. The fourth-order valence-electron chi connectivity index (χ4n) is 20.8. The van der Waals surface area contributed by atoms with Crippen molar-refractivity contribution in [3.63, 3.8) is 0 Å². The van der Waals surface area contributed by atoms with Crippen LogP contribution in [0.1, 0.15) is 71.6 Å². The summed E-state index contributed by atoms with van der Waals surface area (Å²) >= 11 is 0. The summed E-state index contributed by atoms with van der Waals surface area (Å²) in [6.07, 6.45) is -89.7. The number of hydrogen-bond donors (Lipinski definition) is 29. The molecule has 0 aromatic carbocycles. The molecule has 704 valence electrons. The average Bonchev–Trinajstić information content (AvgIpc) is 1.52. The van der Waals surface area contributed by atoms with E-state index in [-0.39, 0.29) is 38.0 Å². The second kappa shape index (κ2) is 39.0. The van der Waals surface area contributed by atoms with Crippen LogP contribution in [-0.4, -0.2) is 495 Å². The first-order valence-electron chi connectivity index (χ1n) is 41.0. The Morgan fingerprint density at radius 3 is 0.967 bits per heavy atom. The molecule has 13 aliphatic rings. The van der Waals surface area contributed by atoms with Gasteiger partial charge in [0.15, 0.2) is 56.4 Å². The predicted molar refractivity (Wildman–Crippen MR) is 382 cm³/mol. The zero-order valence-corrected chi connectivity index (χ0v) is 66.3. The molecular formula is C74H120O48. The Morgan fingerprint density at radius 2 is 0.615 bits per heavy atom. The van der Waals surface area contributed by atoms with Crippen LogP contribution < -0.4 is 0 Å². The second-order valence-electron chi connectivity index (χ2n) is 34.9. The molecule has 0 aromatic rings. The number of hydrogen-bond acceptors (Lipinski definition) is 48. The van der Waals surface area contributed by atoms with Crippen molar-refractivity contribution in [3.8, 4) is 0 Å². The van der Waals surface area contributed by atoms with Gasteiger partial charge in [0.2, 0.25) is 6.29 Å². The van der Waals surface area contributed by atoms with Gasteiger partial charge in [0.1, 0.15) is 214 Å². The zero-order valence-electron chi connectivity index (χ0n) is 66.3. The Morgan fingerprint density at radius 1 is 0.328 bits per heavy atom.